The van der Waals surface area contributed by atoms with Crippen molar-refractivity contribution in [1.82, 2.24) is 0 Å². The van der Waals surface area contributed by atoms with Gasteiger partial charge in [-0.2, -0.15) is 0 Å². The highest BCUT2D eigenvalue weighted by atomic mass is 16.6. The number of ether oxygens (including phenoxy) is 3. The molecule has 3 aromatic rings. The number of hydrogen-bond donors (Lipinski definition) is 1. The maximum Gasteiger partial charge on any atom is 0.309 e. The lowest BCUT2D eigenvalue weighted by molar-refractivity contribution is -0.189. The lowest BCUT2D eigenvalue weighted by atomic mass is 9.86. The van der Waals surface area contributed by atoms with E-state index in [1.54, 1.807) is 0 Å². The molecule has 3 aromatic carbocycles. The molecule has 1 aliphatic carbocycles. The summed E-state index contributed by atoms with van der Waals surface area (Å²) in [4.78, 5) is 13.3. The van der Waals surface area contributed by atoms with Crippen molar-refractivity contribution in [2.75, 3.05) is 11.9 Å². The van der Waals surface area contributed by atoms with Crippen LogP contribution in [0.5, 0.6) is 5.75 Å². The average Bonchev–Trinajstić information content (AvgIpc) is 2.95. The summed E-state index contributed by atoms with van der Waals surface area (Å²) in [5.74, 6) is 0.615. The van der Waals surface area contributed by atoms with Crippen molar-refractivity contribution in [3.63, 3.8) is 0 Å². The normalized spacial score (nSPS) is 20.7. The standard InChI is InChI=1S/C33H39NO4/c1-33(2)31(37-32(35)26-16-10-5-11-17-26)30(36-21-20-24-12-6-3-7-13-24)28-22-27(18-19-29(28)38-33)34-23-25-14-8-4-9-15-25/h3-4,6-9,12-15,18-19,22,26,30-31,34H,5,10-11,16-17,20-21,23H2,1-2H3. The summed E-state index contributed by atoms with van der Waals surface area (Å²) in [5, 5.41) is 3.52. The Morgan fingerprint density at radius 3 is 2.32 bits per heavy atom. The molecule has 0 aromatic heterocycles. The molecule has 5 heteroatoms. The Morgan fingerprint density at radius 2 is 1.61 bits per heavy atom. The Kier molecular flexibility index (Phi) is 8.33. The van der Waals surface area contributed by atoms with Crippen LogP contribution in [0, 0.1) is 5.92 Å². The summed E-state index contributed by atoms with van der Waals surface area (Å²) in [7, 11) is 0. The summed E-state index contributed by atoms with van der Waals surface area (Å²) >= 11 is 0. The van der Waals surface area contributed by atoms with Crippen molar-refractivity contribution in [2.24, 2.45) is 5.92 Å². The molecule has 0 radical (unpaired) electrons. The highest BCUT2D eigenvalue weighted by Gasteiger charge is 2.48. The summed E-state index contributed by atoms with van der Waals surface area (Å²) in [6, 6.07) is 26.8. The van der Waals surface area contributed by atoms with Crippen molar-refractivity contribution < 1.29 is 19.0 Å². The van der Waals surface area contributed by atoms with Gasteiger partial charge in [0.05, 0.1) is 12.5 Å². The minimum Gasteiger partial charge on any atom is -0.483 e. The lowest BCUT2D eigenvalue weighted by Gasteiger charge is -2.44. The number of benzene rings is 3. The van der Waals surface area contributed by atoms with E-state index in [1.807, 2.05) is 62.4 Å². The fourth-order valence-corrected chi connectivity index (χ4v) is 5.53. The second-order valence-electron chi connectivity index (χ2n) is 11.0. The third-order valence-corrected chi connectivity index (χ3v) is 7.70. The number of fused-ring (bicyclic) bond motifs is 1. The Bertz CT molecular complexity index is 1190. The van der Waals surface area contributed by atoms with Gasteiger partial charge >= 0.3 is 5.97 Å². The van der Waals surface area contributed by atoms with E-state index in [0.29, 0.717) is 13.2 Å². The van der Waals surface area contributed by atoms with Crippen molar-refractivity contribution in [2.45, 2.75) is 76.7 Å². The van der Waals surface area contributed by atoms with Crippen LogP contribution >= 0.6 is 0 Å². The number of carbonyl (C=O) groups excluding carboxylic acids is 1. The first-order valence-corrected chi connectivity index (χ1v) is 14.0. The topological polar surface area (TPSA) is 56.8 Å². The summed E-state index contributed by atoms with van der Waals surface area (Å²) in [6.07, 6.45) is 4.96. The molecule has 2 aliphatic rings. The third-order valence-electron chi connectivity index (χ3n) is 7.70. The Morgan fingerprint density at radius 1 is 0.921 bits per heavy atom. The number of hydrogen-bond acceptors (Lipinski definition) is 5. The molecule has 1 fully saturated rings. The first-order valence-electron chi connectivity index (χ1n) is 14.0. The van der Waals surface area contributed by atoms with Crippen molar-refractivity contribution in [3.05, 3.63) is 95.6 Å². The van der Waals surface area contributed by atoms with Crippen molar-refractivity contribution in [3.8, 4) is 5.75 Å². The van der Waals surface area contributed by atoms with Gasteiger partial charge in [0.2, 0.25) is 0 Å². The summed E-state index contributed by atoms with van der Waals surface area (Å²) in [6.45, 7) is 5.21. The first-order chi connectivity index (χ1) is 18.5. The zero-order valence-electron chi connectivity index (χ0n) is 22.5. The molecule has 200 valence electrons. The smallest absolute Gasteiger partial charge is 0.309 e. The number of rotatable bonds is 9. The molecule has 1 N–H and O–H groups in total. The van der Waals surface area contributed by atoms with Crippen LogP contribution in [0.2, 0.25) is 0 Å². The van der Waals surface area contributed by atoms with E-state index in [4.69, 9.17) is 14.2 Å². The fourth-order valence-electron chi connectivity index (χ4n) is 5.53. The molecule has 0 bridgehead atoms. The van der Waals surface area contributed by atoms with Crippen LogP contribution in [-0.4, -0.2) is 24.3 Å². The van der Waals surface area contributed by atoms with Gasteiger partial charge in [-0.05, 0) is 62.4 Å². The van der Waals surface area contributed by atoms with Gasteiger partial charge in [0.25, 0.3) is 0 Å². The van der Waals surface area contributed by atoms with Gasteiger partial charge in [0.15, 0.2) is 6.10 Å². The monoisotopic (exact) mass is 513 g/mol. The quantitative estimate of drug-likeness (QED) is 0.305. The molecule has 1 heterocycles. The predicted octanol–water partition coefficient (Wildman–Crippen LogP) is 7.26. The second-order valence-corrected chi connectivity index (χ2v) is 11.0. The van der Waals surface area contributed by atoms with Crippen molar-refractivity contribution >= 4 is 11.7 Å². The molecule has 1 saturated carbocycles. The highest BCUT2D eigenvalue weighted by Crippen LogP contribution is 2.45. The van der Waals surface area contributed by atoms with Crippen LogP contribution in [0.15, 0.2) is 78.9 Å². The van der Waals surface area contributed by atoms with Crippen molar-refractivity contribution in [1.29, 1.82) is 0 Å². The van der Waals surface area contributed by atoms with E-state index in [1.165, 1.54) is 17.5 Å². The molecule has 5 nitrogen and oxygen atoms in total. The van der Waals surface area contributed by atoms with Crippen LogP contribution < -0.4 is 10.1 Å². The molecule has 38 heavy (non-hydrogen) atoms. The number of carbonyl (C=O) groups is 1. The minimum absolute atomic E-state index is 0.0372. The second kappa shape index (κ2) is 12.0. The molecular formula is C33H39NO4. The SMILES string of the molecule is CC1(C)Oc2ccc(NCc3ccccc3)cc2C(OCCc2ccccc2)C1OC(=O)C1CCCCC1. The highest BCUT2D eigenvalue weighted by molar-refractivity contribution is 5.73. The number of anilines is 1. The van der Waals surface area contributed by atoms with E-state index < -0.39 is 17.8 Å². The molecular weight excluding hydrogens is 474 g/mol. The van der Waals surface area contributed by atoms with Crippen LogP contribution in [-0.2, 0) is 27.2 Å². The zero-order chi connectivity index (χ0) is 26.4. The summed E-state index contributed by atoms with van der Waals surface area (Å²) in [5.41, 5.74) is 3.58. The Balaban J connectivity index is 1.39. The first kappa shape index (κ1) is 26.3. The average molecular weight is 514 g/mol. The molecule has 2 unspecified atom stereocenters. The van der Waals surface area contributed by atoms with Crippen LogP contribution in [0.1, 0.15) is 68.7 Å². The van der Waals surface area contributed by atoms with Gasteiger partial charge in [0, 0.05) is 17.8 Å². The summed E-state index contributed by atoms with van der Waals surface area (Å²) < 4.78 is 19.3. The predicted molar refractivity (Wildman–Crippen MR) is 150 cm³/mol. The lowest BCUT2D eigenvalue weighted by Crippen LogP contribution is -2.52. The molecule has 1 aliphatic heterocycles. The van der Waals surface area contributed by atoms with Gasteiger partial charge in [-0.25, -0.2) is 0 Å². The van der Waals surface area contributed by atoms with Gasteiger partial charge in [-0.1, -0.05) is 79.9 Å². The van der Waals surface area contributed by atoms with Gasteiger partial charge in [-0.3, -0.25) is 4.79 Å². The molecule has 2 atom stereocenters. The van der Waals surface area contributed by atoms with Gasteiger partial charge in [0.1, 0.15) is 17.5 Å². The Hall–Kier alpha value is -3.31. The fraction of sp³-hybridized carbons (Fsp3) is 0.424. The Labute approximate surface area is 226 Å². The zero-order valence-corrected chi connectivity index (χ0v) is 22.5. The van der Waals surface area contributed by atoms with E-state index >= 15 is 0 Å². The molecule has 0 spiro atoms. The van der Waals surface area contributed by atoms with E-state index in [9.17, 15) is 4.79 Å². The number of nitrogens with one attached hydrogen (secondary N) is 1. The molecule has 0 amide bonds. The number of esters is 1. The van der Waals surface area contributed by atoms with Crippen LogP contribution in [0.25, 0.3) is 0 Å². The van der Waals surface area contributed by atoms with Gasteiger partial charge in [-0.15, -0.1) is 0 Å². The van der Waals surface area contributed by atoms with Gasteiger partial charge < -0.3 is 19.5 Å². The molecule has 5 rings (SSSR count). The van der Waals surface area contributed by atoms with Crippen LogP contribution in [0.3, 0.4) is 0 Å². The minimum atomic E-state index is -0.728. The van der Waals surface area contributed by atoms with E-state index in [0.717, 1.165) is 49.1 Å². The largest absolute Gasteiger partial charge is 0.483 e. The van der Waals surface area contributed by atoms with E-state index in [2.05, 4.69) is 35.6 Å². The van der Waals surface area contributed by atoms with E-state index in [-0.39, 0.29) is 11.9 Å². The maximum atomic E-state index is 13.3. The third kappa shape index (κ3) is 6.39. The maximum absolute atomic E-state index is 13.3. The molecule has 0 saturated heterocycles. The van der Waals surface area contributed by atoms with Crippen LogP contribution in [0.4, 0.5) is 5.69 Å².